The first-order valence-electron chi connectivity index (χ1n) is 5.38. The van der Waals surface area contributed by atoms with E-state index in [4.69, 9.17) is 19.9 Å². The minimum Gasteiger partial charge on any atom is -0.465 e. The fourth-order valence-electron chi connectivity index (χ4n) is 2.24. The van der Waals surface area contributed by atoms with E-state index in [0.29, 0.717) is 0 Å². The van der Waals surface area contributed by atoms with E-state index in [-0.39, 0.29) is 6.54 Å². The van der Waals surface area contributed by atoms with Crippen molar-refractivity contribution < 1.29 is 28.8 Å². The highest BCUT2D eigenvalue weighted by Crippen LogP contribution is 2.45. The summed E-state index contributed by atoms with van der Waals surface area (Å²) in [5.41, 5.74) is 5.45. The molecule has 0 aromatic heterocycles. The maximum Gasteiger partial charge on any atom is 0.369 e. The molecule has 0 amide bonds. The SMILES string of the molecule is COC(=O)[C@@]12O[C@@H](CN)[C@@H](O)[C@@H]1OC(C)(C)O2. The fourth-order valence-corrected chi connectivity index (χ4v) is 2.24. The van der Waals surface area contributed by atoms with Crippen molar-refractivity contribution in [3.63, 3.8) is 0 Å². The van der Waals surface area contributed by atoms with Gasteiger partial charge in [-0.3, -0.25) is 0 Å². The topological polar surface area (TPSA) is 100 Å². The maximum atomic E-state index is 11.8. The van der Waals surface area contributed by atoms with Crippen LogP contribution in [-0.2, 0) is 23.7 Å². The molecule has 2 fully saturated rings. The summed E-state index contributed by atoms with van der Waals surface area (Å²) in [6.45, 7) is 3.32. The molecule has 2 aliphatic rings. The molecule has 0 unspecified atom stereocenters. The summed E-state index contributed by atoms with van der Waals surface area (Å²) >= 11 is 0. The second-order valence-corrected chi connectivity index (χ2v) is 4.58. The number of ether oxygens (including phenoxy) is 4. The van der Waals surface area contributed by atoms with Crippen molar-refractivity contribution >= 4 is 5.97 Å². The number of nitrogens with two attached hydrogens (primary N) is 1. The molecule has 98 valence electrons. The Morgan fingerprint density at radius 2 is 2.12 bits per heavy atom. The number of aliphatic hydroxyl groups is 1. The van der Waals surface area contributed by atoms with Crippen molar-refractivity contribution in [2.45, 2.75) is 43.7 Å². The molecule has 2 aliphatic heterocycles. The first kappa shape index (κ1) is 12.7. The van der Waals surface area contributed by atoms with Crippen LogP contribution in [-0.4, -0.2) is 54.6 Å². The smallest absolute Gasteiger partial charge is 0.369 e. The summed E-state index contributed by atoms with van der Waals surface area (Å²) in [6, 6.07) is 0. The molecule has 7 nitrogen and oxygen atoms in total. The molecule has 17 heavy (non-hydrogen) atoms. The standard InChI is InChI=1S/C10H17NO6/c1-9(2)16-7-6(12)5(4-11)15-10(7,17-9)8(13)14-3/h5-7,12H,4,11H2,1-3H3/t5-,6+,7-,10+/m0/s1. The summed E-state index contributed by atoms with van der Waals surface area (Å²) < 4.78 is 21.0. The Hall–Kier alpha value is -0.730. The molecule has 7 heteroatoms. The first-order chi connectivity index (χ1) is 7.86. The third-order valence-corrected chi connectivity index (χ3v) is 2.90. The van der Waals surface area contributed by atoms with E-state index < -0.39 is 35.9 Å². The fraction of sp³-hybridized carbons (Fsp3) is 0.900. The van der Waals surface area contributed by atoms with Gasteiger partial charge in [0.2, 0.25) is 0 Å². The largest absolute Gasteiger partial charge is 0.465 e. The molecule has 2 saturated heterocycles. The van der Waals surface area contributed by atoms with Crippen LogP contribution in [0.3, 0.4) is 0 Å². The number of carbonyl (C=O) groups excluding carboxylic acids is 1. The van der Waals surface area contributed by atoms with Crippen LogP contribution in [0.5, 0.6) is 0 Å². The number of hydrogen-bond acceptors (Lipinski definition) is 7. The van der Waals surface area contributed by atoms with Crippen LogP contribution in [0.1, 0.15) is 13.8 Å². The van der Waals surface area contributed by atoms with E-state index in [2.05, 4.69) is 4.74 Å². The van der Waals surface area contributed by atoms with Crippen molar-refractivity contribution in [2.24, 2.45) is 5.73 Å². The summed E-state index contributed by atoms with van der Waals surface area (Å²) in [6.07, 6.45) is -2.67. The predicted octanol–water partition coefficient (Wildman–Crippen LogP) is -1.27. The Kier molecular flexibility index (Phi) is 2.91. The third-order valence-electron chi connectivity index (χ3n) is 2.90. The van der Waals surface area contributed by atoms with Gasteiger partial charge >= 0.3 is 11.8 Å². The molecular weight excluding hydrogens is 230 g/mol. The summed E-state index contributed by atoms with van der Waals surface area (Å²) in [5, 5.41) is 9.98. The van der Waals surface area contributed by atoms with Gasteiger partial charge in [0, 0.05) is 6.54 Å². The van der Waals surface area contributed by atoms with Gasteiger partial charge in [-0.05, 0) is 13.8 Å². The summed E-state index contributed by atoms with van der Waals surface area (Å²) in [5.74, 6) is -3.48. The Balaban J connectivity index is 2.34. The van der Waals surface area contributed by atoms with Crippen LogP contribution in [0.15, 0.2) is 0 Å². The molecule has 4 atom stereocenters. The number of methoxy groups -OCH3 is 1. The second kappa shape index (κ2) is 3.89. The lowest BCUT2D eigenvalue weighted by Crippen LogP contribution is -2.48. The molecule has 3 N–H and O–H groups in total. The minimum atomic E-state index is -1.72. The summed E-state index contributed by atoms with van der Waals surface area (Å²) in [7, 11) is 1.22. The van der Waals surface area contributed by atoms with Gasteiger partial charge in [-0.2, -0.15) is 0 Å². The van der Waals surface area contributed by atoms with Crippen molar-refractivity contribution in [3.8, 4) is 0 Å². The van der Waals surface area contributed by atoms with Gasteiger partial charge in [0.1, 0.15) is 12.2 Å². The molecule has 0 radical (unpaired) electrons. The molecule has 0 spiro atoms. The molecule has 0 aromatic carbocycles. The number of carbonyl (C=O) groups is 1. The number of esters is 1. The van der Waals surface area contributed by atoms with E-state index in [1.54, 1.807) is 13.8 Å². The quantitative estimate of drug-likeness (QED) is 0.586. The molecule has 0 bridgehead atoms. The van der Waals surface area contributed by atoms with Gasteiger partial charge in [0.15, 0.2) is 11.9 Å². The third kappa shape index (κ3) is 1.74. The maximum absolute atomic E-state index is 11.8. The number of aliphatic hydroxyl groups excluding tert-OH is 1. The van der Waals surface area contributed by atoms with E-state index in [1.807, 2.05) is 0 Å². The van der Waals surface area contributed by atoms with Crippen molar-refractivity contribution in [2.75, 3.05) is 13.7 Å². The lowest BCUT2D eigenvalue weighted by Gasteiger charge is -2.25. The van der Waals surface area contributed by atoms with E-state index in [1.165, 1.54) is 7.11 Å². The van der Waals surface area contributed by atoms with Crippen LogP contribution in [0.4, 0.5) is 0 Å². The van der Waals surface area contributed by atoms with Crippen LogP contribution in [0.2, 0.25) is 0 Å². The van der Waals surface area contributed by atoms with Crippen LogP contribution in [0.25, 0.3) is 0 Å². The van der Waals surface area contributed by atoms with Crippen molar-refractivity contribution in [3.05, 3.63) is 0 Å². The molecule has 2 heterocycles. The van der Waals surface area contributed by atoms with Crippen molar-refractivity contribution in [1.82, 2.24) is 0 Å². The van der Waals surface area contributed by atoms with E-state index in [0.717, 1.165) is 0 Å². The molecule has 0 aliphatic carbocycles. The monoisotopic (exact) mass is 247 g/mol. The van der Waals surface area contributed by atoms with Gasteiger partial charge < -0.3 is 29.8 Å². The average molecular weight is 247 g/mol. The van der Waals surface area contributed by atoms with E-state index >= 15 is 0 Å². The first-order valence-corrected chi connectivity index (χ1v) is 5.38. The van der Waals surface area contributed by atoms with Crippen LogP contribution in [0, 0.1) is 0 Å². The van der Waals surface area contributed by atoms with Crippen LogP contribution >= 0.6 is 0 Å². The molecule has 0 saturated carbocycles. The van der Waals surface area contributed by atoms with Gasteiger partial charge in [-0.25, -0.2) is 4.79 Å². The lowest BCUT2D eigenvalue weighted by molar-refractivity contribution is -0.263. The number of hydrogen-bond donors (Lipinski definition) is 2. The highest BCUT2D eigenvalue weighted by atomic mass is 16.9. The van der Waals surface area contributed by atoms with Crippen LogP contribution < -0.4 is 5.73 Å². The number of rotatable bonds is 2. The van der Waals surface area contributed by atoms with Gasteiger partial charge in [0.05, 0.1) is 7.11 Å². The average Bonchev–Trinajstić information content (AvgIpc) is 2.68. The van der Waals surface area contributed by atoms with Crippen molar-refractivity contribution in [1.29, 1.82) is 0 Å². The second-order valence-electron chi connectivity index (χ2n) is 4.58. The molecule has 2 rings (SSSR count). The molecular formula is C10H17NO6. The highest BCUT2D eigenvalue weighted by Gasteiger charge is 2.69. The van der Waals surface area contributed by atoms with Gasteiger partial charge in [-0.1, -0.05) is 0 Å². The number of fused-ring (bicyclic) bond motifs is 1. The predicted molar refractivity (Wildman–Crippen MR) is 54.7 cm³/mol. The zero-order valence-electron chi connectivity index (χ0n) is 10.0. The zero-order chi connectivity index (χ0) is 12.8. The molecule has 0 aromatic rings. The normalized spacial score (nSPS) is 43.5. The Labute approximate surface area is 98.8 Å². The van der Waals surface area contributed by atoms with Gasteiger partial charge in [-0.15, -0.1) is 0 Å². The van der Waals surface area contributed by atoms with E-state index in [9.17, 15) is 9.90 Å². The summed E-state index contributed by atoms with van der Waals surface area (Å²) in [4.78, 5) is 11.8. The lowest BCUT2D eigenvalue weighted by atomic mass is 10.1. The Morgan fingerprint density at radius 3 is 2.65 bits per heavy atom. The van der Waals surface area contributed by atoms with Gasteiger partial charge in [0.25, 0.3) is 0 Å². The highest BCUT2D eigenvalue weighted by molar-refractivity contribution is 5.79. The Bertz CT molecular complexity index is 333. The minimum absolute atomic E-state index is 0.0591. The zero-order valence-corrected chi connectivity index (χ0v) is 10.0. The Morgan fingerprint density at radius 1 is 1.47 bits per heavy atom.